The minimum absolute atomic E-state index is 0.0300. The summed E-state index contributed by atoms with van der Waals surface area (Å²) in [4.78, 5) is 0. The first kappa shape index (κ1) is 11.1. The molecule has 0 fully saturated rings. The van der Waals surface area contributed by atoms with Crippen molar-refractivity contribution in [3.05, 3.63) is 71.8 Å². The van der Waals surface area contributed by atoms with Gasteiger partial charge in [-0.2, -0.15) is 0 Å². The third-order valence-corrected chi connectivity index (χ3v) is 3.02. The number of nitrogens with one attached hydrogen (secondary N) is 1. The van der Waals surface area contributed by atoms with Crippen LogP contribution in [0.15, 0.2) is 60.7 Å². The fourth-order valence-corrected chi connectivity index (χ4v) is 2.36. The minimum atomic E-state index is 0.0300. The zero-order valence-electron chi connectivity index (χ0n) is 8.76. The van der Waals surface area contributed by atoms with Crippen molar-refractivity contribution in [2.24, 2.45) is 0 Å². The summed E-state index contributed by atoms with van der Waals surface area (Å²) in [5.74, 6) is 0.0300. The van der Waals surface area contributed by atoms with Gasteiger partial charge < -0.3 is 0 Å². The molecule has 1 N–H and O–H groups in total. The molecule has 16 heavy (non-hydrogen) atoms. The number of hydrogen-bond donors (Lipinski definition) is 1. The van der Waals surface area contributed by atoms with Crippen LogP contribution < -0.4 is 0 Å². The van der Waals surface area contributed by atoms with Crippen molar-refractivity contribution >= 4 is 20.6 Å². The molecule has 0 unspecified atom stereocenters. The quantitative estimate of drug-likeness (QED) is 0.656. The second-order valence-corrected chi connectivity index (χ2v) is 4.54. The molecule has 0 heterocycles. The Morgan fingerprint density at radius 3 is 1.50 bits per heavy atom. The number of benzene rings is 2. The second kappa shape index (κ2) is 5.11. The first-order chi connectivity index (χ1) is 7.79. The summed E-state index contributed by atoms with van der Waals surface area (Å²) >= 11 is 2.82. The van der Waals surface area contributed by atoms with Crippen LogP contribution >= 0.6 is 0 Å². The molecule has 0 saturated carbocycles. The van der Waals surface area contributed by atoms with Crippen LogP contribution in [0.3, 0.4) is 0 Å². The van der Waals surface area contributed by atoms with E-state index in [4.69, 9.17) is 5.41 Å². The molecule has 0 aliphatic rings. The summed E-state index contributed by atoms with van der Waals surface area (Å²) in [6, 6.07) is 20.3. The standard InChI is InChI=1S/C14H12NSe/c15-14(16)13(11-7-3-1-4-8-11)12-9-5-2-6-10-12/h1-10,13,15H. The summed E-state index contributed by atoms with van der Waals surface area (Å²) in [6.07, 6.45) is 0. The average molecular weight is 273 g/mol. The van der Waals surface area contributed by atoms with Crippen LogP contribution in [-0.2, 0) is 0 Å². The van der Waals surface area contributed by atoms with Gasteiger partial charge in [-0.15, -0.1) is 0 Å². The van der Waals surface area contributed by atoms with E-state index < -0.39 is 0 Å². The van der Waals surface area contributed by atoms with Crippen molar-refractivity contribution in [1.82, 2.24) is 0 Å². The summed E-state index contributed by atoms with van der Waals surface area (Å²) in [7, 11) is 0. The molecule has 79 valence electrons. The van der Waals surface area contributed by atoms with E-state index in [-0.39, 0.29) is 5.92 Å². The summed E-state index contributed by atoms with van der Waals surface area (Å²) < 4.78 is 0.553. The van der Waals surface area contributed by atoms with Crippen LogP contribution in [0.1, 0.15) is 17.0 Å². The van der Waals surface area contributed by atoms with Crippen molar-refractivity contribution in [2.75, 3.05) is 0 Å². The van der Waals surface area contributed by atoms with Crippen LogP contribution in [0.25, 0.3) is 0 Å². The Bertz CT molecular complexity index is 425. The predicted octanol–water partition coefficient (Wildman–Crippen LogP) is 2.96. The first-order valence-electron chi connectivity index (χ1n) is 5.14. The van der Waals surface area contributed by atoms with E-state index in [2.05, 4.69) is 40.3 Å². The van der Waals surface area contributed by atoms with Gasteiger partial charge in [-0.25, -0.2) is 0 Å². The molecule has 0 aliphatic heterocycles. The van der Waals surface area contributed by atoms with Crippen molar-refractivity contribution in [3.63, 3.8) is 0 Å². The van der Waals surface area contributed by atoms with Crippen molar-refractivity contribution in [2.45, 2.75) is 5.92 Å². The molecular weight excluding hydrogens is 261 g/mol. The van der Waals surface area contributed by atoms with Crippen molar-refractivity contribution in [1.29, 1.82) is 5.41 Å². The molecular formula is C14H12NSe. The molecule has 0 bridgehead atoms. The SMILES string of the molecule is N=C([Se])C(c1ccccc1)c1ccccc1. The van der Waals surface area contributed by atoms with E-state index in [9.17, 15) is 0 Å². The topological polar surface area (TPSA) is 23.9 Å². The van der Waals surface area contributed by atoms with Gasteiger partial charge in [0.2, 0.25) is 0 Å². The van der Waals surface area contributed by atoms with Crippen LogP contribution in [0.4, 0.5) is 0 Å². The second-order valence-electron chi connectivity index (χ2n) is 3.62. The zero-order chi connectivity index (χ0) is 11.4. The van der Waals surface area contributed by atoms with Gasteiger partial charge in [-0.1, -0.05) is 0 Å². The normalized spacial score (nSPS) is 10.3. The van der Waals surface area contributed by atoms with Crippen LogP contribution in [-0.4, -0.2) is 20.6 Å². The first-order valence-corrected chi connectivity index (χ1v) is 6.00. The average Bonchev–Trinajstić information content (AvgIpc) is 2.31. The Hall–Kier alpha value is -1.37. The Labute approximate surface area is 104 Å². The van der Waals surface area contributed by atoms with Gasteiger partial charge in [-0.05, 0) is 0 Å². The molecule has 0 aliphatic carbocycles. The van der Waals surface area contributed by atoms with Gasteiger partial charge in [0.25, 0.3) is 0 Å². The summed E-state index contributed by atoms with van der Waals surface area (Å²) in [5.41, 5.74) is 2.30. The van der Waals surface area contributed by atoms with E-state index in [0.29, 0.717) is 4.61 Å². The fourth-order valence-electron chi connectivity index (χ4n) is 1.79. The van der Waals surface area contributed by atoms with E-state index in [1.54, 1.807) is 0 Å². The molecule has 0 spiro atoms. The molecule has 2 heteroatoms. The van der Waals surface area contributed by atoms with Gasteiger partial charge in [-0.3, -0.25) is 0 Å². The summed E-state index contributed by atoms with van der Waals surface area (Å²) in [6.45, 7) is 0. The Kier molecular flexibility index (Phi) is 3.55. The molecule has 1 nitrogen and oxygen atoms in total. The Morgan fingerprint density at radius 2 is 1.19 bits per heavy atom. The van der Waals surface area contributed by atoms with Crippen LogP contribution in [0, 0.1) is 5.41 Å². The van der Waals surface area contributed by atoms with E-state index in [0.717, 1.165) is 11.1 Å². The van der Waals surface area contributed by atoms with Gasteiger partial charge >= 0.3 is 104 Å². The third-order valence-electron chi connectivity index (χ3n) is 2.53. The molecule has 0 amide bonds. The molecule has 0 atom stereocenters. The maximum atomic E-state index is 7.87. The number of hydrogen-bond acceptors (Lipinski definition) is 1. The van der Waals surface area contributed by atoms with Crippen molar-refractivity contribution in [3.8, 4) is 0 Å². The predicted molar refractivity (Wildman–Crippen MR) is 68.2 cm³/mol. The molecule has 2 aromatic carbocycles. The fraction of sp³-hybridized carbons (Fsp3) is 0.0714. The monoisotopic (exact) mass is 274 g/mol. The van der Waals surface area contributed by atoms with Gasteiger partial charge in [0.05, 0.1) is 0 Å². The van der Waals surface area contributed by atoms with Crippen molar-refractivity contribution < 1.29 is 0 Å². The number of rotatable bonds is 3. The van der Waals surface area contributed by atoms with E-state index in [1.807, 2.05) is 36.4 Å². The molecule has 0 saturated heterocycles. The van der Waals surface area contributed by atoms with Crippen LogP contribution in [0.5, 0.6) is 0 Å². The Balaban J connectivity index is 2.44. The summed E-state index contributed by atoms with van der Waals surface area (Å²) in [5, 5.41) is 7.87. The molecule has 0 aromatic heterocycles. The van der Waals surface area contributed by atoms with Crippen LogP contribution in [0.2, 0.25) is 0 Å². The molecule has 2 aromatic rings. The Morgan fingerprint density at radius 1 is 0.812 bits per heavy atom. The molecule has 1 radical (unpaired) electrons. The van der Waals surface area contributed by atoms with Gasteiger partial charge in [0, 0.05) is 0 Å². The van der Waals surface area contributed by atoms with E-state index in [1.165, 1.54) is 0 Å². The van der Waals surface area contributed by atoms with Gasteiger partial charge in [0.1, 0.15) is 0 Å². The third kappa shape index (κ3) is 2.41. The van der Waals surface area contributed by atoms with Gasteiger partial charge in [0.15, 0.2) is 0 Å². The maximum absolute atomic E-state index is 7.87. The van der Waals surface area contributed by atoms with E-state index >= 15 is 0 Å². The molecule has 2 rings (SSSR count). The zero-order valence-corrected chi connectivity index (χ0v) is 10.5.